The zero-order chi connectivity index (χ0) is 20.0. The molecule has 144 valence electrons. The summed E-state index contributed by atoms with van der Waals surface area (Å²) in [6, 6.07) is 8.62. The maximum Gasteiger partial charge on any atom is 0.325 e. The molecule has 10 heteroatoms. The molecule has 9 nitrogen and oxygen atoms in total. The Labute approximate surface area is 156 Å². The van der Waals surface area contributed by atoms with Gasteiger partial charge in [-0.3, -0.25) is 14.4 Å². The van der Waals surface area contributed by atoms with Crippen molar-refractivity contribution in [3.63, 3.8) is 0 Å². The minimum Gasteiger partial charge on any atom is -0.456 e. The number of carbonyl (C=O) groups is 3. The number of benzene rings is 1. The average Bonchev–Trinajstić information content (AvgIpc) is 3.19. The van der Waals surface area contributed by atoms with E-state index >= 15 is 0 Å². The molecule has 0 aliphatic carbocycles. The van der Waals surface area contributed by atoms with Gasteiger partial charge in [-0.05, 0) is 30.3 Å². The van der Waals surface area contributed by atoms with Gasteiger partial charge in [0.15, 0.2) is 6.61 Å². The van der Waals surface area contributed by atoms with Gasteiger partial charge in [-0.15, -0.1) is 0 Å². The Morgan fingerprint density at radius 3 is 2.52 bits per heavy atom. The van der Waals surface area contributed by atoms with Crippen LogP contribution in [0.4, 0.5) is 0 Å². The molecule has 0 spiro atoms. The van der Waals surface area contributed by atoms with Crippen LogP contribution in [0.2, 0.25) is 0 Å². The molecule has 0 radical (unpaired) electrons. The Bertz CT molecular complexity index is 935. The second kappa shape index (κ2) is 8.60. The largest absolute Gasteiger partial charge is 0.456 e. The molecule has 0 saturated carbocycles. The molecule has 2 rings (SSSR count). The number of ketones is 1. The monoisotopic (exact) mass is 393 g/mol. The first-order valence-corrected chi connectivity index (χ1v) is 9.29. The molecule has 27 heavy (non-hydrogen) atoms. The minimum atomic E-state index is -3.68. The van der Waals surface area contributed by atoms with Crippen molar-refractivity contribution in [3.05, 3.63) is 53.9 Å². The molecule has 0 aliphatic rings. The average molecular weight is 393 g/mol. The molecule has 1 aromatic carbocycles. The van der Waals surface area contributed by atoms with E-state index in [1.807, 2.05) is 0 Å². The van der Waals surface area contributed by atoms with E-state index < -0.39 is 40.8 Å². The Hall–Kier alpha value is -2.98. The van der Waals surface area contributed by atoms with Gasteiger partial charge >= 0.3 is 5.97 Å². The molecule has 2 aromatic rings. The number of aromatic nitrogens is 1. The Morgan fingerprint density at radius 1 is 1.15 bits per heavy atom. The second-order valence-corrected chi connectivity index (χ2v) is 7.82. The normalized spacial score (nSPS) is 11.2. The summed E-state index contributed by atoms with van der Waals surface area (Å²) in [7, 11) is -0.920. The van der Waals surface area contributed by atoms with Gasteiger partial charge in [0.1, 0.15) is 6.54 Å². The zero-order valence-electron chi connectivity index (χ0n) is 14.8. The number of hydrogen-bond donors (Lipinski definition) is 2. The fourth-order valence-electron chi connectivity index (χ4n) is 2.04. The summed E-state index contributed by atoms with van der Waals surface area (Å²) >= 11 is 0. The van der Waals surface area contributed by atoms with Crippen LogP contribution in [-0.4, -0.2) is 62.6 Å². The van der Waals surface area contributed by atoms with Crippen LogP contribution in [0.3, 0.4) is 0 Å². The maximum atomic E-state index is 12.1. The van der Waals surface area contributed by atoms with Crippen LogP contribution >= 0.6 is 0 Å². The van der Waals surface area contributed by atoms with E-state index in [0.29, 0.717) is 5.69 Å². The number of sulfonamides is 1. The lowest BCUT2D eigenvalue weighted by atomic mass is 10.2. The lowest BCUT2D eigenvalue weighted by Gasteiger charge is -2.12. The van der Waals surface area contributed by atoms with E-state index in [9.17, 15) is 22.8 Å². The van der Waals surface area contributed by atoms with E-state index in [-0.39, 0.29) is 10.5 Å². The highest BCUT2D eigenvalue weighted by atomic mass is 32.2. The van der Waals surface area contributed by atoms with Gasteiger partial charge < -0.3 is 15.0 Å². The van der Waals surface area contributed by atoms with Crippen molar-refractivity contribution in [2.75, 3.05) is 27.2 Å². The highest BCUT2D eigenvalue weighted by molar-refractivity contribution is 7.89. The smallest absolute Gasteiger partial charge is 0.325 e. The summed E-state index contributed by atoms with van der Waals surface area (Å²) in [5.41, 5.74) is 0.388. The molecule has 0 fully saturated rings. The first-order chi connectivity index (χ1) is 12.7. The molecule has 0 unspecified atom stereocenters. The molecule has 0 aliphatic heterocycles. The molecule has 1 amide bonds. The lowest BCUT2D eigenvalue weighted by molar-refractivity contribution is -0.141. The number of ether oxygens (including phenoxy) is 1. The number of nitrogens with zero attached hydrogens (tertiary/aromatic N) is 1. The topological polar surface area (TPSA) is 126 Å². The van der Waals surface area contributed by atoms with Crippen molar-refractivity contribution in [1.29, 1.82) is 0 Å². The molecular formula is C17H19N3O6S. The third-order valence-corrected chi connectivity index (χ3v) is 5.34. The highest BCUT2D eigenvalue weighted by Crippen LogP contribution is 2.14. The van der Waals surface area contributed by atoms with Crippen molar-refractivity contribution in [1.82, 2.24) is 14.6 Å². The molecule has 1 heterocycles. The first-order valence-electron chi connectivity index (χ1n) is 7.85. The summed E-state index contributed by atoms with van der Waals surface area (Å²) in [5.74, 6) is -1.83. The van der Waals surface area contributed by atoms with Gasteiger partial charge in [0.25, 0.3) is 5.91 Å². The van der Waals surface area contributed by atoms with E-state index in [2.05, 4.69) is 10.3 Å². The quantitative estimate of drug-likeness (QED) is 0.495. The van der Waals surface area contributed by atoms with Crippen LogP contribution in [-0.2, 0) is 19.6 Å². The SMILES string of the molecule is CN(C)S(=O)(=O)c1cccc(C(=O)NCC(=O)OCC(=O)c2ccc[nH]2)c1. The van der Waals surface area contributed by atoms with Crippen LogP contribution in [0.15, 0.2) is 47.5 Å². The number of amides is 1. The molecular weight excluding hydrogens is 374 g/mol. The van der Waals surface area contributed by atoms with Crippen molar-refractivity contribution < 1.29 is 27.5 Å². The van der Waals surface area contributed by atoms with Crippen LogP contribution in [0.1, 0.15) is 20.8 Å². The van der Waals surface area contributed by atoms with Crippen LogP contribution in [0.25, 0.3) is 0 Å². The third-order valence-electron chi connectivity index (χ3n) is 3.53. The van der Waals surface area contributed by atoms with Crippen molar-refractivity contribution in [2.45, 2.75) is 4.90 Å². The number of carbonyl (C=O) groups excluding carboxylic acids is 3. The summed E-state index contributed by atoms with van der Waals surface area (Å²) in [6.45, 7) is -0.909. The fraction of sp³-hybridized carbons (Fsp3) is 0.235. The second-order valence-electron chi connectivity index (χ2n) is 5.67. The van der Waals surface area contributed by atoms with Crippen molar-refractivity contribution in [2.24, 2.45) is 0 Å². The molecule has 1 aromatic heterocycles. The van der Waals surface area contributed by atoms with E-state index in [1.54, 1.807) is 18.3 Å². The van der Waals surface area contributed by atoms with E-state index in [0.717, 1.165) is 4.31 Å². The molecule has 2 N–H and O–H groups in total. The van der Waals surface area contributed by atoms with Crippen LogP contribution < -0.4 is 5.32 Å². The number of aromatic amines is 1. The maximum absolute atomic E-state index is 12.1. The van der Waals surface area contributed by atoms with Crippen molar-refractivity contribution in [3.8, 4) is 0 Å². The number of rotatable bonds is 8. The van der Waals surface area contributed by atoms with Gasteiger partial charge in [-0.2, -0.15) is 0 Å². The van der Waals surface area contributed by atoms with Crippen LogP contribution in [0, 0.1) is 0 Å². The number of H-pyrrole nitrogens is 1. The molecule has 0 saturated heterocycles. The standard InChI is InChI=1S/C17H19N3O6S/c1-20(2)27(24,25)13-6-3-5-12(9-13)17(23)19-10-16(22)26-11-15(21)14-7-4-8-18-14/h3-9,18H,10-11H2,1-2H3,(H,19,23). The van der Waals surface area contributed by atoms with Gasteiger partial charge in [-0.1, -0.05) is 6.07 Å². The zero-order valence-corrected chi connectivity index (χ0v) is 15.6. The Morgan fingerprint density at radius 2 is 1.89 bits per heavy atom. The van der Waals surface area contributed by atoms with E-state index in [4.69, 9.17) is 4.74 Å². The number of Topliss-reactive ketones (excluding diaryl/α,β-unsaturated/α-hetero) is 1. The number of esters is 1. The Kier molecular flexibility index (Phi) is 6.48. The van der Waals surface area contributed by atoms with Crippen molar-refractivity contribution >= 4 is 27.7 Å². The number of hydrogen-bond acceptors (Lipinski definition) is 6. The summed E-state index contributed by atoms with van der Waals surface area (Å²) in [4.78, 5) is 38.1. The predicted molar refractivity (Wildman–Crippen MR) is 95.7 cm³/mol. The lowest BCUT2D eigenvalue weighted by Crippen LogP contribution is -2.31. The van der Waals surface area contributed by atoms with Gasteiger partial charge in [0.05, 0.1) is 10.6 Å². The summed E-state index contributed by atoms with van der Waals surface area (Å²) in [5, 5.41) is 2.32. The Balaban J connectivity index is 1.90. The third kappa shape index (κ3) is 5.25. The minimum absolute atomic E-state index is 0.0423. The number of nitrogens with one attached hydrogen (secondary N) is 2. The predicted octanol–water partition coefficient (Wildman–Crippen LogP) is 0.421. The van der Waals surface area contributed by atoms with Gasteiger partial charge in [-0.25, -0.2) is 12.7 Å². The van der Waals surface area contributed by atoms with E-state index in [1.165, 1.54) is 38.4 Å². The summed E-state index contributed by atoms with van der Waals surface area (Å²) in [6.07, 6.45) is 1.57. The fourth-order valence-corrected chi connectivity index (χ4v) is 2.99. The van der Waals surface area contributed by atoms with Gasteiger partial charge in [0.2, 0.25) is 15.8 Å². The first kappa shape index (κ1) is 20.3. The summed E-state index contributed by atoms with van der Waals surface area (Å²) < 4.78 is 30.0. The van der Waals surface area contributed by atoms with Crippen LogP contribution in [0.5, 0.6) is 0 Å². The molecule has 0 atom stereocenters. The highest BCUT2D eigenvalue weighted by Gasteiger charge is 2.19. The molecule has 0 bridgehead atoms. The van der Waals surface area contributed by atoms with Gasteiger partial charge in [0, 0.05) is 25.9 Å².